The van der Waals surface area contributed by atoms with E-state index in [0.717, 1.165) is 0 Å². The minimum absolute atomic E-state index is 0.621. The van der Waals surface area contributed by atoms with Gasteiger partial charge in [-0.1, -0.05) is 0 Å². The molecule has 7 heteroatoms. The minimum Gasteiger partial charge on any atom is -0.394 e. The number of hydrogen-bond donors (Lipinski definition) is 6. The van der Waals surface area contributed by atoms with Gasteiger partial charge in [0.05, 0.1) is 6.61 Å². The maximum atomic E-state index is 9.18. The van der Waals surface area contributed by atoms with Gasteiger partial charge in [-0.25, -0.2) is 0 Å². The standard InChI is InChI=1S/C6H13NO6/c7-6(12)5(11)4(10)3(9)2(1-8)13-6/h2-5,8-12H,1,7H2/t2-,3+,4+,5-,6?/m1/s1. The van der Waals surface area contributed by atoms with Crippen LogP contribution >= 0.6 is 0 Å². The van der Waals surface area contributed by atoms with Gasteiger partial charge in [0, 0.05) is 0 Å². The zero-order valence-electron chi connectivity index (χ0n) is 6.74. The van der Waals surface area contributed by atoms with E-state index in [1.165, 1.54) is 0 Å². The highest BCUT2D eigenvalue weighted by Crippen LogP contribution is 2.23. The van der Waals surface area contributed by atoms with E-state index in [1.807, 2.05) is 0 Å². The van der Waals surface area contributed by atoms with Gasteiger partial charge in [-0.3, -0.25) is 5.73 Å². The van der Waals surface area contributed by atoms with Crippen LogP contribution in [0.15, 0.2) is 0 Å². The molecular formula is C6H13NO6. The summed E-state index contributed by atoms with van der Waals surface area (Å²) < 4.78 is 4.54. The molecule has 0 aliphatic carbocycles. The van der Waals surface area contributed by atoms with Crippen LogP contribution in [-0.2, 0) is 4.74 Å². The summed E-state index contributed by atoms with van der Waals surface area (Å²) >= 11 is 0. The summed E-state index contributed by atoms with van der Waals surface area (Å²) in [7, 11) is 0. The predicted molar refractivity (Wildman–Crippen MR) is 39.1 cm³/mol. The minimum atomic E-state index is -2.45. The molecule has 78 valence electrons. The van der Waals surface area contributed by atoms with Gasteiger partial charge in [0.15, 0.2) is 6.10 Å². The zero-order valence-corrected chi connectivity index (χ0v) is 6.74. The molecule has 0 bridgehead atoms. The summed E-state index contributed by atoms with van der Waals surface area (Å²) in [5.74, 6) is -2.45. The smallest absolute Gasteiger partial charge is 0.252 e. The lowest BCUT2D eigenvalue weighted by Crippen LogP contribution is -2.69. The van der Waals surface area contributed by atoms with Crippen LogP contribution in [0.2, 0.25) is 0 Å². The molecule has 1 heterocycles. The van der Waals surface area contributed by atoms with Crippen LogP contribution in [0.4, 0.5) is 0 Å². The molecule has 0 aromatic heterocycles. The fraction of sp³-hybridized carbons (Fsp3) is 1.00. The summed E-state index contributed by atoms with van der Waals surface area (Å²) in [5.41, 5.74) is 5.04. The van der Waals surface area contributed by atoms with Crippen LogP contribution in [-0.4, -0.2) is 62.5 Å². The molecule has 0 amide bonds. The third-order valence-corrected chi connectivity index (χ3v) is 2.00. The van der Waals surface area contributed by atoms with E-state index in [4.69, 9.17) is 26.2 Å². The van der Waals surface area contributed by atoms with Gasteiger partial charge in [0.25, 0.3) is 5.91 Å². The summed E-state index contributed by atoms with van der Waals surface area (Å²) in [6.45, 7) is -0.621. The number of nitrogens with two attached hydrogens (primary N) is 1. The van der Waals surface area contributed by atoms with Crippen molar-refractivity contribution >= 4 is 0 Å². The molecule has 0 spiro atoms. The fourth-order valence-corrected chi connectivity index (χ4v) is 1.18. The number of hydrogen-bond acceptors (Lipinski definition) is 7. The van der Waals surface area contributed by atoms with E-state index in [0.29, 0.717) is 0 Å². The van der Waals surface area contributed by atoms with Gasteiger partial charge >= 0.3 is 0 Å². The van der Waals surface area contributed by atoms with Gasteiger partial charge in [-0.15, -0.1) is 0 Å². The van der Waals surface area contributed by atoms with Gasteiger partial charge in [-0.05, 0) is 0 Å². The Balaban J connectivity index is 2.79. The SMILES string of the molecule is NC1(O)O[C@H](CO)[C@H](O)[C@H](O)[C@H]1O. The Morgan fingerprint density at radius 3 is 2.23 bits per heavy atom. The summed E-state index contributed by atoms with van der Waals surface area (Å²) in [6.07, 6.45) is -6.16. The van der Waals surface area contributed by atoms with Gasteiger partial charge in [0.2, 0.25) is 0 Å². The Morgan fingerprint density at radius 2 is 1.77 bits per heavy atom. The van der Waals surface area contributed by atoms with Crippen LogP contribution in [0.25, 0.3) is 0 Å². The van der Waals surface area contributed by atoms with Crippen LogP contribution in [0.3, 0.4) is 0 Å². The second kappa shape index (κ2) is 3.46. The van der Waals surface area contributed by atoms with Crippen molar-refractivity contribution in [3.8, 4) is 0 Å². The molecule has 1 rings (SSSR count). The zero-order chi connectivity index (χ0) is 10.2. The molecule has 7 nitrogen and oxygen atoms in total. The van der Waals surface area contributed by atoms with Crippen molar-refractivity contribution in [2.75, 3.05) is 6.61 Å². The molecule has 1 aliphatic rings. The summed E-state index contributed by atoms with van der Waals surface area (Å²) in [6, 6.07) is 0. The Hall–Kier alpha value is -0.280. The van der Waals surface area contributed by atoms with Crippen molar-refractivity contribution in [2.45, 2.75) is 30.3 Å². The topological polar surface area (TPSA) is 136 Å². The molecule has 0 saturated carbocycles. The highest BCUT2D eigenvalue weighted by Gasteiger charge is 2.50. The Morgan fingerprint density at radius 1 is 1.23 bits per heavy atom. The summed E-state index contributed by atoms with van der Waals surface area (Å²) in [5, 5.41) is 45.2. The molecule has 1 fully saturated rings. The first-order chi connectivity index (χ1) is 5.90. The van der Waals surface area contributed by atoms with Crippen LogP contribution in [0.1, 0.15) is 0 Å². The summed E-state index contributed by atoms with van der Waals surface area (Å²) in [4.78, 5) is 0. The van der Waals surface area contributed by atoms with E-state index in [2.05, 4.69) is 4.74 Å². The highest BCUT2D eigenvalue weighted by atomic mass is 16.7. The molecule has 0 aromatic rings. The molecule has 7 N–H and O–H groups in total. The van der Waals surface area contributed by atoms with Crippen LogP contribution in [0.5, 0.6) is 0 Å². The van der Waals surface area contributed by atoms with Crippen molar-refractivity contribution in [2.24, 2.45) is 5.73 Å². The molecule has 13 heavy (non-hydrogen) atoms. The second-order valence-electron chi connectivity index (χ2n) is 3.02. The Bertz CT molecular complexity index is 184. The molecule has 5 atom stereocenters. The normalized spacial score (nSPS) is 52.2. The lowest BCUT2D eigenvalue weighted by Gasteiger charge is -2.42. The van der Waals surface area contributed by atoms with E-state index in [-0.39, 0.29) is 0 Å². The quantitative estimate of drug-likeness (QED) is 0.235. The molecule has 1 unspecified atom stereocenters. The molecule has 1 aliphatic heterocycles. The van der Waals surface area contributed by atoms with E-state index in [1.54, 1.807) is 0 Å². The molecule has 1 saturated heterocycles. The fourth-order valence-electron chi connectivity index (χ4n) is 1.18. The van der Waals surface area contributed by atoms with Crippen molar-refractivity contribution in [1.82, 2.24) is 0 Å². The number of aliphatic hydroxyl groups excluding tert-OH is 4. The van der Waals surface area contributed by atoms with Crippen molar-refractivity contribution < 1.29 is 30.3 Å². The molecule has 0 radical (unpaired) electrons. The average Bonchev–Trinajstić information content (AvgIpc) is 2.08. The third kappa shape index (κ3) is 1.81. The van der Waals surface area contributed by atoms with E-state index in [9.17, 15) is 5.11 Å². The number of aliphatic hydroxyl groups is 5. The molecular weight excluding hydrogens is 182 g/mol. The molecule has 0 aromatic carbocycles. The number of ether oxygens (including phenoxy) is 1. The number of rotatable bonds is 1. The van der Waals surface area contributed by atoms with Crippen LogP contribution in [0, 0.1) is 0 Å². The maximum absolute atomic E-state index is 9.18. The third-order valence-electron chi connectivity index (χ3n) is 2.00. The Labute approximate surface area is 74.0 Å². The van der Waals surface area contributed by atoms with Crippen LogP contribution < -0.4 is 5.73 Å². The largest absolute Gasteiger partial charge is 0.394 e. The monoisotopic (exact) mass is 195 g/mol. The maximum Gasteiger partial charge on any atom is 0.252 e. The van der Waals surface area contributed by atoms with Gasteiger partial charge < -0.3 is 30.3 Å². The van der Waals surface area contributed by atoms with Crippen molar-refractivity contribution in [3.05, 3.63) is 0 Å². The highest BCUT2D eigenvalue weighted by molar-refractivity contribution is 4.92. The average molecular weight is 195 g/mol. The van der Waals surface area contributed by atoms with Crippen molar-refractivity contribution in [3.63, 3.8) is 0 Å². The van der Waals surface area contributed by atoms with E-state index < -0.39 is 36.9 Å². The lowest BCUT2D eigenvalue weighted by atomic mass is 9.97. The first-order valence-corrected chi connectivity index (χ1v) is 3.74. The van der Waals surface area contributed by atoms with E-state index >= 15 is 0 Å². The van der Waals surface area contributed by atoms with Gasteiger partial charge in [0.1, 0.15) is 18.3 Å². The van der Waals surface area contributed by atoms with Gasteiger partial charge in [-0.2, -0.15) is 0 Å². The second-order valence-corrected chi connectivity index (χ2v) is 3.02. The van der Waals surface area contributed by atoms with Crippen molar-refractivity contribution in [1.29, 1.82) is 0 Å². The first kappa shape index (κ1) is 10.8. The first-order valence-electron chi connectivity index (χ1n) is 3.74. The Kier molecular flexibility index (Phi) is 2.88. The predicted octanol–water partition coefficient (Wildman–Crippen LogP) is -3.94. The lowest BCUT2D eigenvalue weighted by molar-refractivity contribution is -0.346.